The van der Waals surface area contributed by atoms with Crippen molar-refractivity contribution in [2.24, 2.45) is 46.3 Å². The number of hydrogen-bond donors (Lipinski definition) is 3. The normalized spacial score (nSPS) is 37.4. The Morgan fingerprint density at radius 3 is 2.37 bits per heavy atom. The average molecular weight is 596 g/mol. The number of Topliss-reactive ketones (excluding diaryl/α,β-unsaturated/α-hetero) is 1. The van der Waals surface area contributed by atoms with Crippen LogP contribution in [0.15, 0.2) is 24.3 Å². The van der Waals surface area contributed by atoms with E-state index in [1.807, 2.05) is 12.1 Å². The minimum absolute atomic E-state index is 0.00389. The number of fused-ring (bicyclic) bond motifs is 5. The van der Waals surface area contributed by atoms with E-state index in [0.29, 0.717) is 60.3 Å². The van der Waals surface area contributed by atoms with Gasteiger partial charge >= 0.3 is 5.97 Å². The van der Waals surface area contributed by atoms with E-state index in [1.165, 1.54) is 26.4 Å². The molecule has 4 saturated carbocycles. The number of hydrogen-bond acceptors (Lipinski definition) is 6. The van der Waals surface area contributed by atoms with Crippen LogP contribution < -0.4 is 5.32 Å². The lowest BCUT2D eigenvalue weighted by Gasteiger charge is -2.62. The van der Waals surface area contributed by atoms with E-state index in [2.05, 4.69) is 26.1 Å². The number of aliphatic hydroxyl groups is 2. The summed E-state index contributed by atoms with van der Waals surface area (Å²) in [7, 11) is 1.35. The van der Waals surface area contributed by atoms with Gasteiger partial charge in [-0.2, -0.15) is 0 Å². The van der Waals surface area contributed by atoms with Gasteiger partial charge in [-0.25, -0.2) is 4.79 Å². The van der Waals surface area contributed by atoms with Crippen LogP contribution in [-0.4, -0.2) is 53.7 Å². The molecule has 0 bridgehead atoms. The number of rotatable bonds is 10. The molecule has 0 heterocycles. The molecule has 4 aliphatic carbocycles. The van der Waals surface area contributed by atoms with Crippen LogP contribution in [0.2, 0.25) is 0 Å². The third kappa shape index (κ3) is 6.45. The fraction of sp³-hybridized carbons (Fsp3) is 0.750. The van der Waals surface area contributed by atoms with Gasteiger partial charge < -0.3 is 20.3 Å². The fourth-order valence-corrected chi connectivity index (χ4v) is 10.3. The van der Waals surface area contributed by atoms with Crippen molar-refractivity contribution >= 4 is 17.7 Å². The highest BCUT2D eigenvalue weighted by molar-refractivity contribution is 5.89. The second-order valence-electron chi connectivity index (χ2n) is 15.0. The van der Waals surface area contributed by atoms with Gasteiger partial charge in [-0.3, -0.25) is 9.59 Å². The number of nitrogens with one attached hydrogen (secondary N) is 1. The van der Waals surface area contributed by atoms with Crippen molar-refractivity contribution in [3.05, 3.63) is 35.4 Å². The van der Waals surface area contributed by atoms with E-state index in [4.69, 9.17) is 4.74 Å². The topological polar surface area (TPSA) is 113 Å². The Kier molecular flexibility index (Phi) is 9.72. The summed E-state index contributed by atoms with van der Waals surface area (Å²) in [6.45, 7) is 7.27. The zero-order valence-corrected chi connectivity index (χ0v) is 26.6. The summed E-state index contributed by atoms with van der Waals surface area (Å²) in [6.07, 6.45) is 10.0. The quantitative estimate of drug-likeness (QED) is 0.308. The minimum Gasteiger partial charge on any atom is -0.465 e. The molecule has 1 aromatic carbocycles. The van der Waals surface area contributed by atoms with Crippen molar-refractivity contribution < 1.29 is 29.3 Å². The van der Waals surface area contributed by atoms with Gasteiger partial charge in [-0.05, 0) is 128 Å². The Balaban J connectivity index is 1.08. The SMILES string of the molecule is COC(=O)c1ccc(CCC(=O)CNC(=O)CC[C@@H](C)[C@H]2CC[C@H]3[C@@H]4[C@@H](O)C[C@@H]5C[C@H](O)CC[C@]5(C)[C@H]4CC[C@]23C)cc1. The summed E-state index contributed by atoms with van der Waals surface area (Å²) in [5.74, 6) is 2.36. The van der Waals surface area contributed by atoms with Gasteiger partial charge in [0.05, 0.1) is 31.4 Å². The molecule has 4 fully saturated rings. The molecule has 0 spiro atoms. The first-order chi connectivity index (χ1) is 20.5. The van der Waals surface area contributed by atoms with E-state index < -0.39 is 0 Å². The molecule has 0 aromatic heterocycles. The zero-order valence-electron chi connectivity index (χ0n) is 26.6. The second-order valence-corrected chi connectivity index (χ2v) is 15.0. The Morgan fingerprint density at radius 1 is 0.953 bits per heavy atom. The van der Waals surface area contributed by atoms with Crippen molar-refractivity contribution in [2.45, 2.75) is 110 Å². The maximum atomic E-state index is 12.7. The number of amides is 1. The van der Waals surface area contributed by atoms with Crippen molar-refractivity contribution in [3.8, 4) is 0 Å². The van der Waals surface area contributed by atoms with E-state index >= 15 is 0 Å². The summed E-state index contributed by atoms with van der Waals surface area (Å²) in [5.41, 5.74) is 1.87. The molecular formula is C36H53NO6. The van der Waals surface area contributed by atoms with Crippen LogP contribution in [0, 0.1) is 46.3 Å². The first kappa shape index (κ1) is 32.2. The highest BCUT2D eigenvalue weighted by Crippen LogP contribution is 2.68. The van der Waals surface area contributed by atoms with E-state index in [0.717, 1.165) is 44.1 Å². The Hall–Kier alpha value is -2.25. The summed E-state index contributed by atoms with van der Waals surface area (Å²) in [5, 5.41) is 24.7. The highest BCUT2D eigenvalue weighted by atomic mass is 16.5. The molecule has 5 rings (SSSR count). The molecule has 3 N–H and O–H groups in total. The molecule has 4 aliphatic rings. The Bertz CT molecular complexity index is 1170. The number of carbonyl (C=O) groups excluding carboxylic acids is 3. The summed E-state index contributed by atoms with van der Waals surface area (Å²) >= 11 is 0. The Morgan fingerprint density at radius 2 is 1.65 bits per heavy atom. The molecule has 0 radical (unpaired) electrons. The van der Waals surface area contributed by atoms with Crippen molar-refractivity contribution in [2.75, 3.05) is 13.7 Å². The lowest BCUT2D eigenvalue weighted by molar-refractivity contribution is -0.174. The molecule has 1 amide bonds. The molecule has 0 saturated heterocycles. The smallest absolute Gasteiger partial charge is 0.337 e. The van der Waals surface area contributed by atoms with Gasteiger partial charge in [0.25, 0.3) is 0 Å². The monoisotopic (exact) mass is 595 g/mol. The first-order valence-electron chi connectivity index (χ1n) is 16.8. The molecule has 0 aliphatic heterocycles. The van der Waals surface area contributed by atoms with Crippen LogP contribution >= 0.6 is 0 Å². The number of ketones is 1. The van der Waals surface area contributed by atoms with Crippen molar-refractivity contribution in [3.63, 3.8) is 0 Å². The lowest BCUT2D eigenvalue weighted by Crippen LogP contribution is -2.58. The van der Waals surface area contributed by atoms with E-state index in [-0.39, 0.29) is 47.2 Å². The van der Waals surface area contributed by atoms with Gasteiger partial charge in [-0.1, -0.05) is 32.9 Å². The number of esters is 1. The van der Waals surface area contributed by atoms with Crippen LogP contribution in [0.1, 0.15) is 107 Å². The van der Waals surface area contributed by atoms with Gasteiger partial charge in [0.2, 0.25) is 5.91 Å². The Labute approximate surface area is 257 Å². The number of methoxy groups -OCH3 is 1. The molecular weight excluding hydrogens is 542 g/mol. The number of aliphatic hydroxyl groups excluding tert-OH is 2. The number of ether oxygens (including phenoxy) is 1. The van der Waals surface area contributed by atoms with Crippen LogP contribution in [0.3, 0.4) is 0 Å². The van der Waals surface area contributed by atoms with Crippen LogP contribution in [0.25, 0.3) is 0 Å². The average Bonchev–Trinajstić information content (AvgIpc) is 3.35. The predicted molar refractivity (Wildman–Crippen MR) is 165 cm³/mol. The van der Waals surface area contributed by atoms with E-state index in [9.17, 15) is 24.6 Å². The van der Waals surface area contributed by atoms with Crippen molar-refractivity contribution in [1.82, 2.24) is 5.32 Å². The summed E-state index contributed by atoms with van der Waals surface area (Å²) in [6, 6.07) is 7.05. The molecule has 238 valence electrons. The summed E-state index contributed by atoms with van der Waals surface area (Å²) in [4.78, 5) is 36.7. The van der Waals surface area contributed by atoms with Gasteiger partial charge in [0, 0.05) is 12.8 Å². The lowest BCUT2D eigenvalue weighted by atomic mass is 9.43. The molecule has 10 atom stereocenters. The van der Waals surface area contributed by atoms with Crippen molar-refractivity contribution in [1.29, 1.82) is 0 Å². The van der Waals surface area contributed by atoms with Gasteiger partial charge in [-0.15, -0.1) is 0 Å². The maximum Gasteiger partial charge on any atom is 0.337 e. The number of aryl methyl sites for hydroxylation is 1. The minimum atomic E-state index is -0.383. The van der Waals surface area contributed by atoms with Crippen LogP contribution in [-0.2, 0) is 20.7 Å². The zero-order chi connectivity index (χ0) is 30.9. The molecule has 0 unspecified atom stereocenters. The van der Waals surface area contributed by atoms with Gasteiger partial charge in [0.15, 0.2) is 5.78 Å². The highest BCUT2D eigenvalue weighted by Gasteiger charge is 2.62. The molecule has 7 heteroatoms. The third-order valence-electron chi connectivity index (χ3n) is 12.8. The number of carbonyl (C=O) groups is 3. The molecule has 7 nitrogen and oxygen atoms in total. The van der Waals surface area contributed by atoms with Gasteiger partial charge in [0.1, 0.15) is 0 Å². The standard InChI is InChI=1S/C36H53NO6/c1-22(5-14-32(41)37-21-27(39)11-8-23-6-9-24(10-7-23)34(42)43-4)28-12-13-29-33-30(16-18-36(28,29)3)35(2)17-15-26(38)19-25(35)20-31(33)40/h6-7,9-10,22,25-26,28-31,33,38,40H,5,8,11-21H2,1-4H3,(H,37,41)/t22-,25+,26-,28-,29+,30+,31+,33+,35+,36-/m1/s1. The number of benzene rings is 1. The van der Waals surface area contributed by atoms with Crippen LogP contribution in [0.4, 0.5) is 0 Å². The summed E-state index contributed by atoms with van der Waals surface area (Å²) < 4.78 is 4.72. The first-order valence-corrected chi connectivity index (χ1v) is 16.8. The predicted octanol–water partition coefficient (Wildman–Crippen LogP) is 5.50. The molecule has 1 aromatic rings. The van der Waals surface area contributed by atoms with E-state index in [1.54, 1.807) is 12.1 Å². The molecule has 43 heavy (non-hydrogen) atoms. The largest absolute Gasteiger partial charge is 0.465 e. The fourth-order valence-electron chi connectivity index (χ4n) is 10.3. The van der Waals surface area contributed by atoms with Crippen LogP contribution in [0.5, 0.6) is 0 Å². The third-order valence-corrected chi connectivity index (χ3v) is 12.8. The maximum absolute atomic E-state index is 12.7. The second kappa shape index (κ2) is 13.0.